The van der Waals surface area contributed by atoms with Gasteiger partial charge in [0.05, 0.1) is 5.69 Å². The summed E-state index contributed by atoms with van der Waals surface area (Å²) in [5.41, 5.74) is 7.88. The number of benzene rings is 3. The summed E-state index contributed by atoms with van der Waals surface area (Å²) in [7, 11) is 0. The van der Waals surface area contributed by atoms with Crippen LogP contribution in [0.5, 0.6) is 0 Å². The lowest BCUT2D eigenvalue weighted by Crippen LogP contribution is -2.33. The first-order chi connectivity index (χ1) is 18.3. The maximum Gasteiger partial charge on any atom is 0.167 e. The van der Waals surface area contributed by atoms with Crippen molar-refractivity contribution in [2.75, 3.05) is 26.2 Å². The van der Waals surface area contributed by atoms with Gasteiger partial charge in [-0.3, -0.25) is 9.80 Å². The summed E-state index contributed by atoms with van der Waals surface area (Å²) in [5.74, 6) is 0.844. The van der Waals surface area contributed by atoms with E-state index in [9.17, 15) is 0 Å². The maximum absolute atomic E-state index is 5.82. The fourth-order valence-corrected chi connectivity index (χ4v) is 6.27. The van der Waals surface area contributed by atoms with Crippen molar-refractivity contribution in [1.82, 2.24) is 15.0 Å². The van der Waals surface area contributed by atoms with E-state index in [0.717, 1.165) is 62.6 Å². The molecule has 0 unspecified atom stereocenters. The van der Waals surface area contributed by atoms with E-state index >= 15 is 0 Å². The lowest BCUT2D eigenvalue weighted by molar-refractivity contribution is 0.171. The molecule has 0 spiro atoms. The Kier molecular flexibility index (Phi) is 7.66. The zero-order valence-corrected chi connectivity index (χ0v) is 21.9. The van der Waals surface area contributed by atoms with Crippen molar-refractivity contribution in [3.63, 3.8) is 0 Å². The minimum absolute atomic E-state index is 0.844. The van der Waals surface area contributed by atoms with Crippen molar-refractivity contribution in [2.24, 2.45) is 5.92 Å². The molecule has 37 heavy (non-hydrogen) atoms. The van der Waals surface area contributed by atoms with E-state index in [-0.39, 0.29) is 0 Å². The highest BCUT2D eigenvalue weighted by molar-refractivity contribution is 5.81. The third-order valence-corrected chi connectivity index (χ3v) is 8.49. The minimum Gasteiger partial charge on any atom is -0.356 e. The third-order valence-electron chi connectivity index (χ3n) is 8.49. The largest absolute Gasteiger partial charge is 0.356 e. The monoisotopic (exact) mass is 493 g/mol. The van der Waals surface area contributed by atoms with Gasteiger partial charge in [0.1, 0.15) is 0 Å². The Morgan fingerprint density at radius 1 is 0.730 bits per heavy atom. The van der Waals surface area contributed by atoms with E-state index in [4.69, 9.17) is 4.52 Å². The van der Waals surface area contributed by atoms with E-state index in [1.165, 1.54) is 66.4 Å². The first-order valence-corrected chi connectivity index (χ1v) is 14.2. The molecule has 1 aromatic heterocycles. The molecule has 0 N–H and O–H groups in total. The Labute approximate surface area is 221 Å². The molecule has 3 heterocycles. The molecule has 1 saturated heterocycles. The molecule has 6 rings (SSSR count). The van der Waals surface area contributed by atoms with Crippen LogP contribution in [0, 0.1) is 5.92 Å². The van der Waals surface area contributed by atoms with Crippen molar-refractivity contribution in [3.8, 4) is 0 Å². The molecule has 0 amide bonds. The second-order valence-corrected chi connectivity index (χ2v) is 11.1. The number of rotatable bonds is 8. The number of nitrogens with zero attached hydrogens (tertiary/aromatic N) is 3. The molecule has 4 heteroatoms. The average Bonchev–Trinajstić information content (AvgIpc) is 3.22. The van der Waals surface area contributed by atoms with Crippen molar-refractivity contribution < 1.29 is 4.52 Å². The number of piperidine rings is 1. The summed E-state index contributed by atoms with van der Waals surface area (Å²) in [6.45, 7) is 6.77. The number of hydrogen-bond acceptors (Lipinski definition) is 4. The molecule has 0 atom stereocenters. The zero-order valence-electron chi connectivity index (χ0n) is 21.9. The zero-order chi connectivity index (χ0) is 24.9. The van der Waals surface area contributed by atoms with E-state index in [0.29, 0.717) is 0 Å². The second kappa shape index (κ2) is 11.6. The predicted molar refractivity (Wildman–Crippen MR) is 151 cm³/mol. The molecule has 3 aromatic carbocycles. The van der Waals surface area contributed by atoms with Gasteiger partial charge in [0.2, 0.25) is 0 Å². The van der Waals surface area contributed by atoms with Crippen LogP contribution < -0.4 is 0 Å². The van der Waals surface area contributed by atoms with E-state index in [2.05, 4.69) is 87.8 Å². The molecule has 0 bridgehead atoms. The van der Waals surface area contributed by atoms with Crippen LogP contribution in [0.4, 0.5) is 0 Å². The maximum atomic E-state index is 5.82. The predicted octanol–water partition coefficient (Wildman–Crippen LogP) is 6.66. The Balaban J connectivity index is 1.01. The van der Waals surface area contributed by atoms with Crippen LogP contribution in [-0.2, 0) is 32.4 Å². The normalized spacial score (nSPS) is 17.6. The molecule has 192 valence electrons. The van der Waals surface area contributed by atoms with E-state index in [1.807, 2.05) is 0 Å². The highest BCUT2D eigenvalue weighted by atomic mass is 16.5. The number of likely N-dealkylation sites (tertiary alicyclic amines) is 1. The quantitative estimate of drug-likeness (QED) is 0.275. The van der Waals surface area contributed by atoms with Crippen LogP contribution in [0.2, 0.25) is 0 Å². The van der Waals surface area contributed by atoms with Crippen molar-refractivity contribution in [1.29, 1.82) is 0 Å². The van der Waals surface area contributed by atoms with Crippen molar-refractivity contribution in [2.45, 2.75) is 58.0 Å². The highest BCUT2D eigenvalue weighted by Crippen LogP contribution is 2.29. The van der Waals surface area contributed by atoms with Crippen LogP contribution in [0.15, 0.2) is 77.3 Å². The number of fused-ring (bicyclic) bond motifs is 2. The first kappa shape index (κ1) is 24.4. The Morgan fingerprint density at radius 3 is 1.97 bits per heavy atom. The molecule has 1 fully saturated rings. The number of aryl methyl sites for hydroxylation is 1. The lowest BCUT2D eigenvalue weighted by atomic mass is 9.90. The van der Waals surface area contributed by atoms with Crippen LogP contribution >= 0.6 is 0 Å². The van der Waals surface area contributed by atoms with Crippen LogP contribution in [0.3, 0.4) is 0 Å². The van der Waals surface area contributed by atoms with E-state index < -0.39 is 0 Å². The number of aromatic nitrogens is 1. The van der Waals surface area contributed by atoms with Gasteiger partial charge >= 0.3 is 0 Å². The second-order valence-electron chi connectivity index (χ2n) is 11.1. The van der Waals surface area contributed by atoms with Gasteiger partial charge in [-0.25, -0.2) is 0 Å². The summed E-state index contributed by atoms with van der Waals surface area (Å²) in [5, 5.41) is 5.75. The first-order valence-electron chi connectivity index (χ1n) is 14.2. The van der Waals surface area contributed by atoms with E-state index in [1.54, 1.807) is 0 Å². The average molecular weight is 494 g/mol. The van der Waals surface area contributed by atoms with Gasteiger partial charge in [0, 0.05) is 31.6 Å². The van der Waals surface area contributed by atoms with Gasteiger partial charge in [0.25, 0.3) is 0 Å². The highest BCUT2D eigenvalue weighted by Gasteiger charge is 2.21. The molecule has 0 radical (unpaired) electrons. The third kappa shape index (κ3) is 6.14. The van der Waals surface area contributed by atoms with Crippen LogP contribution in [0.25, 0.3) is 11.0 Å². The summed E-state index contributed by atoms with van der Waals surface area (Å²) >= 11 is 0. The van der Waals surface area contributed by atoms with Gasteiger partial charge in [-0.2, -0.15) is 0 Å². The SMILES string of the molecule is c1ccc(CN2CCc3cc4onc(CCCC5CCN(Cc6ccccc6)CC5)c4cc3CC2)cc1. The van der Waals surface area contributed by atoms with Gasteiger partial charge < -0.3 is 4.52 Å². The number of hydrogen-bond donors (Lipinski definition) is 0. The van der Waals surface area contributed by atoms with Gasteiger partial charge in [0.15, 0.2) is 5.58 Å². The van der Waals surface area contributed by atoms with Crippen LogP contribution in [-0.4, -0.2) is 41.1 Å². The Hall–Kier alpha value is -2.95. The Morgan fingerprint density at radius 2 is 1.32 bits per heavy atom. The fraction of sp³-hybridized carbons (Fsp3) is 0.424. The molecule has 4 aromatic rings. The molecule has 0 aliphatic carbocycles. The van der Waals surface area contributed by atoms with Crippen molar-refractivity contribution in [3.05, 3.63) is 101 Å². The summed E-state index contributed by atoms with van der Waals surface area (Å²) in [6.07, 6.45) is 8.34. The summed E-state index contributed by atoms with van der Waals surface area (Å²) < 4.78 is 5.82. The Bertz CT molecular complexity index is 1280. The summed E-state index contributed by atoms with van der Waals surface area (Å²) in [4.78, 5) is 5.20. The molecule has 2 aliphatic rings. The standard InChI is InChI=1S/C33H39N3O/c1-3-8-27(9-4-1)24-35-18-14-26(15-19-35)12-7-13-32-31-22-29-16-20-36(25-28-10-5-2-6-11-28)21-17-30(29)23-33(31)37-34-32/h1-6,8-11,22-23,26H,7,12-21,24-25H2. The molecule has 4 nitrogen and oxygen atoms in total. The van der Waals surface area contributed by atoms with Gasteiger partial charge in [-0.1, -0.05) is 65.8 Å². The molecule has 0 saturated carbocycles. The molecule has 2 aliphatic heterocycles. The topological polar surface area (TPSA) is 32.5 Å². The smallest absolute Gasteiger partial charge is 0.167 e. The summed E-state index contributed by atoms with van der Waals surface area (Å²) in [6, 6.07) is 26.4. The lowest BCUT2D eigenvalue weighted by Gasteiger charge is -2.32. The molecular weight excluding hydrogens is 454 g/mol. The van der Waals surface area contributed by atoms with Gasteiger partial charge in [-0.15, -0.1) is 0 Å². The van der Waals surface area contributed by atoms with Crippen molar-refractivity contribution >= 4 is 11.0 Å². The van der Waals surface area contributed by atoms with Crippen LogP contribution in [0.1, 0.15) is 53.6 Å². The molecular formula is C33H39N3O. The fourth-order valence-electron chi connectivity index (χ4n) is 6.27. The van der Waals surface area contributed by atoms with Gasteiger partial charge in [-0.05, 0) is 98.3 Å². The minimum atomic E-state index is 0.844.